The Bertz CT molecular complexity index is 466. The molecule has 2 rings (SSSR count). The smallest absolute Gasteiger partial charge is 0.407 e. The van der Waals surface area contributed by atoms with Gasteiger partial charge in [-0.25, -0.2) is 4.79 Å². The summed E-state index contributed by atoms with van der Waals surface area (Å²) in [5.41, 5.74) is -0.470. The third kappa shape index (κ3) is 3.85. The SMILES string of the molecule is Cn1cnnc1N1CCC[C@@H](NC(=O)OC(C)(C)C)C1. The van der Waals surface area contributed by atoms with Crippen molar-refractivity contribution in [3.8, 4) is 0 Å². The molecule has 1 saturated heterocycles. The first kappa shape index (κ1) is 14.6. The Morgan fingerprint density at radius 1 is 1.50 bits per heavy atom. The predicted molar refractivity (Wildman–Crippen MR) is 75.6 cm³/mol. The van der Waals surface area contributed by atoms with Gasteiger partial charge < -0.3 is 19.5 Å². The molecule has 0 spiro atoms. The van der Waals surface area contributed by atoms with Crippen molar-refractivity contribution in [2.45, 2.75) is 45.3 Å². The average molecular weight is 281 g/mol. The topological polar surface area (TPSA) is 72.3 Å². The first-order valence-corrected chi connectivity index (χ1v) is 6.93. The third-order valence-electron chi connectivity index (χ3n) is 3.11. The summed E-state index contributed by atoms with van der Waals surface area (Å²) in [4.78, 5) is 13.9. The fourth-order valence-corrected chi connectivity index (χ4v) is 2.31. The molecule has 7 heteroatoms. The monoisotopic (exact) mass is 281 g/mol. The number of aryl methyl sites for hydroxylation is 1. The zero-order valence-electron chi connectivity index (χ0n) is 12.6. The molecule has 0 aliphatic carbocycles. The molecule has 0 bridgehead atoms. The quantitative estimate of drug-likeness (QED) is 0.885. The Balaban J connectivity index is 1.91. The van der Waals surface area contributed by atoms with Crippen molar-refractivity contribution >= 4 is 12.0 Å². The minimum Gasteiger partial charge on any atom is -0.444 e. The fourth-order valence-electron chi connectivity index (χ4n) is 2.31. The van der Waals surface area contributed by atoms with Crippen LogP contribution in [0.3, 0.4) is 0 Å². The number of hydrogen-bond acceptors (Lipinski definition) is 5. The highest BCUT2D eigenvalue weighted by Crippen LogP contribution is 2.17. The second-order valence-corrected chi connectivity index (χ2v) is 6.17. The number of piperidine rings is 1. The lowest BCUT2D eigenvalue weighted by atomic mass is 10.1. The molecule has 1 amide bonds. The van der Waals surface area contributed by atoms with Crippen molar-refractivity contribution in [1.29, 1.82) is 0 Å². The van der Waals surface area contributed by atoms with Gasteiger partial charge >= 0.3 is 6.09 Å². The molecule has 0 saturated carbocycles. The molecule has 112 valence electrons. The minimum atomic E-state index is -0.470. The lowest BCUT2D eigenvalue weighted by Crippen LogP contribution is -2.49. The zero-order chi connectivity index (χ0) is 14.8. The molecule has 1 aromatic heterocycles. The van der Waals surface area contributed by atoms with Gasteiger partial charge in [0.15, 0.2) is 0 Å². The summed E-state index contributed by atoms with van der Waals surface area (Å²) >= 11 is 0. The Hall–Kier alpha value is -1.79. The normalized spacial score (nSPS) is 19.8. The molecule has 0 aromatic carbocycles. The zero-order valence-corrected chi connectivity index (χ0v) is 12.6. The first-order valence-electron chi connectivity index (χ1n) is 6.93. The van der Waals surface area contributed by atoms with Crippen LogP contribution in [0.2, 0.25) is 0 Å². The molecule has 1 aromatic rings. The number of nitrogens with one attached hydrogen (secondary N) is 1. The van der Waals surface area contributed by atoms with Gasteiger partial charge in [-0.05, 0) is 33.6 Å². The van der Waals surface area contributed by atoms with Gasteiger partial charge in [-0.1, -0.05) is 0 Å². The van der Waals surface area contributed by atoms with E-state index >= 15 is 0 Å². The molecule has 1 fully saturated rings. The first-order chi connectivity index (χ1) is 9.35. The van der Waals surface area contributed by atoms with Gasteiger partial charge in [0, 0.05) is 26.2 Å². The van der Waals surface area contributed by atoms with Gasteiger partial charge in [0.05, 0.1) is 0 Å². The Kier molecular flexibility index (Phi) is 4.15. The maximum atomic E-state index is 11.8. The van der Waals surface area contributed by atoms with Gasteiger partial charge in [-0.2, -0.15) is 0 Å². The van der Waals surface area contributed by atoms with E-state index in [0.29, 0.717) is 0 Å². The van der Waals surface area contributed by atoms with Crippen molar-refractivity contribution in [3.05, 3.63) is 6.33 Å². The molecule has 1 N–H and O–H groups in total. The van der Waals surface area contributed by atoms with E-state index in [1.807, 2.05) is 32.4 Å². The number of anilines is 1. The fraction of sp³-hybridized carbons (Fsp3) is 0.769. The van der Waals surface area contributed by atoms with Crippen LogP contribution < -0.4 is 10.2 Å². The number of alkyl carbamates (subject to hydrolysis) is 1. The van der Waals surface area contributed by atoms with E-state index in [4.69, 9.17) is 4.74 Å². The second kappa shape index (κ2) is 5.68. The molecule has 0 unspecified atom stereocenters. The predicted octanol–water partition coefficient (Wildman–Crippen LogP) is 1.31. The summed E-state index contributed by atoms with van der Waals surface area (Å²) in [6.45, 7) is 7.24. The van der Waals surface area contributed by atoms with Crippen LogP contribution in [0.15, 0.2) is 6.33 Å². The summed E-state index contributed by atoms with van der Waals surface area (Å²) in [6, 6.07) is 0.0790. The van der Waals surface area contributed by atoms with Crippen LogP contribution in [0.1, 0.15) is 33.6 Å². The number of carbonyl (C=O) groups excluding carboxylic acids is 1. The maximum Gasteiger partial charge on any atom is 0.407 e. The molecule has 0 radical (unpaired) electrons. The lowest BCUT2D eigenvalue weighted by molar-refractivity contribution is 0.0500. The molecular weight excluding hydrogens is 258 g/mol. The van der Waals surface area contributed by atoms with E-state index in [0.717, 1.165) is 31.9 Å². The van der Waals surface area contributed by atoms with Crippen LogP contribution in [0.5, 0.6) is 0 Å². The number of ether oxygens (including phenoxy) is 1. The number of carbonyl (C=O) groups is 1. The number of nitrogens with zero attached hydrogens (tertiary/aromatic N) is 4. The van der Waals surface area contributed by atoms with Crippen molar-refractivity contribution in [2.75, 3.05) is 18.0 Å². The summed E-state index contributed by atoms with van der Waals surface area (Å²) in [6.07, 6.45) is 3.28. The second-order valence-electron chi connectivity index (χ2n) is 6.17. The summed E-state index contributed by atoms with van der Waals surface area (Å²) < 4.78 is 7.17. The summed E-state index contributed by atoms with van der Waals surface area (Å²) in [5.74, 6) is 0.834. The molecule has 1 aliphatic rings. The van der Waals surface area contributed by atoms with Crippen molar-refractivity contribution in [3.63, 3.8) is 0 Å². The van der Waals surface area contributed by atoms with Crippen molar-refractivity contribution < 1.29 is 9.53 Å². The Morgan fingerprint density at radius 3 is 2.85 bits per heavy atom. The number of aromatic nitrogens is 3. The molecule has 1 atom stereocenters. The highest BCUT2D eigenvalue weighted by molar-refractivity contribution is 5.68. The number of amides is 1. The largest absolute Gasteiger partial charge is 0.444 e. The van der Waals surface area contributed by atoms with Crippen LogP contribution in [0.25, 0.3) is 0 Å². The van der Waals surface area contributed by atoms with Gasteiger partial charge in [0.2, 0.25) is 5.95 Å². The number of hydrogen-bond donors (Lipinski definition) is 1. The van der Waals surface area contributed by atoms with Crippen LogP contribution >= 0.6 is 0 Å². The molecule has 7 nitrogen and oxygen atoms in total. The summed E-state index contributed by atoms with van der Waals surface area (Å²) in [7, 11) is 1.92. The van der Waals surface area contributed by atoms with Crippen LogP contribution in [-0.4, -0.2) is 45.6 Å². The van der Waals surface area contributed by atoms with Gasteiger partial charge in [0.1, 0.15) is 11.9 Å². The van der Waals surface area contributed by atoms with E-state index < -0.39 is 5.60 Å². The van der Waals surface area contributed by atoms with Gasteiger partial charge in [0.25, 0.3) is 0 Å². The van der Waals surface area contributed by atoms with Gasteiger partial charge in [-0.3, -0.25) is 0 Å². The third-order valence-corrected chi connectivity index (χ3v) is 3.11. The Labute approximate surface area is 119 Å². The standard InChI is InChI=1S/C13H23N5O2/c1-13(2,3)20-12(19)15-10-6-5-7-18(8-10)11-16-14-9-17(11)4/h9-10H,5-8H2,1-4H3,(H,15,19)/t10-/m1/s1. The van der Waals surface area contributed by atoms with E-state index in [1.54, 1.807) is 6.33 Å². The van der Waals surface area contributed by atoms with Crippen LogP contribution in [0.4, 0.5) is 10.7 Å². The van der Waals surface area contributed by atoms with Crippen LogP contribution in [-0.2, 0) is 11.8 Å². The van der Waals surface area contributed by atoms with Crippen molar-refractivity contribution in [2.24, 2.45) is 7.05 Å². The molecule has 1 aliphatic heterocycles. The lowest BCUT2D eigenvalue weighted by Gasteiger charge is -2.33. The van der Waals surface area contributed by atoms with E-state index in [-0.39, 0.29) is 12.1 Å². The molecule has 2 heterocycles. The van der Waals surface area contributed by atoms with E-state index in [2.05, 4.69) is 20.4 Å². The summed E-state index contributed by atoms with van der Waals surface area (Å²) in [5, 5.41) is 10.9. The highest BCUT2D eigenvalue weighted by Gasteiger charge is 2.25. The Morgan fingerprint density at radius 2 is 2.25 bits per heavy atom. The average Bonchev–Trinajstić information content (AvgIpc) is 2.73. The van der Waals surface area contributed by atoms with E-state index in [1.165, 1.54) is 0 Å². The maximum absolute atomic E-state index is 11.8. The number of rotatable bonds is 2. The van der Waals surface area contributed by atoms with E-state index in [9.17, 15) is 4.79 Å². The van der Waals surface area contributed by atoms with Gasteiger partial charge in [-0.15, -0.1) is 10.2 Å². The van der Waals surface area contributed by atoms with Crippen molar-refractivity contribution in [1.82, 2.24) is 20.1 Å². The minimum absolute atomic E-state index is 0.0790. The molecule has 20 heavy (non-hydrogen) atoms. The molecular formula is C13H23N5O2. The highest BCUT2D eigenvalue weighted by atomic mass is 16.6. The van der Waals surface area contributed by atoms with Crippen LogP contribution in [0, 0.1) is 0 Å².